The maximum atomic E-state index is 10.1. The Morgan fingerprint density at radius 1 is 0.909 bits per heavy atom. The van der Waals surface area contributed by atoms with Crippen LogP contribution in [0.3, 0.4) is 0 Å². The topological polar surface area (TPSA) is 83.1 Å². The van der Waals surface area contributed by atoms with Crippen molar-refractivity contribution in [2.75, 3.05) is 14.2 Å². The lowest BCUT2D eigenvalue weighted by Crippen LogP contribution is -2.25. The van der Waals surface area contributed by atoms with Crippen LogP contribution in [0.4, 0.5) is 5.95 Å². The van der Waals surface area contributed by atoms with Crippen molar-refractivity contribution < 1.29 is 19.3 Å². The highest BCUT2D eigenvalue weighted by molar-refractivity contribution is 9.10. The van der Waals surface area contributed by atoms with Crippen molar-refractivity contribution >= 4 is 34.3 Å². The van der Waals surface area contributed by atoms with Gasteiger partial charge < -0.3 is 14.6 Å². The van der Waals surface area contributed by atoms with Gasteiger partial charge in [0.15, 0.2) is 0 Å². The van der Waals surface area contributed by atoms with Gasteiger partial charge in [-0.05, 0) is 72.3 Å². The van der Waals surface area contributed by atoms with Crippen LogP contribution in [0, 0.1) is 0 Å². The first-order valence-electron chi connectivity index (χ1n) is 10.1. The number of rotatable bonds is 7. The van der Waals surface area contributed by atoms with Crippen LogP contribution >= 0.6 is 15.9 Å². The Bertz CT molecular complexity index is 1300. The van der Waals surface area contributed by atoms with Crippen LogP contribution in [-0.4, -0.2) is 36.7 Å². The minimum Gasteiger partial charge on any atom is -0.507 e. The van der Waals surface area contributed by atoms with E-state index in [0.717, 1.165) is 32.8 Å². The van der Waals surface area contributed by atoms with Gasteiger partial charge in [-0.1, -0.05) is 20.9 Å². The highest BCUT2D eigenvalue weighted by Crippen LogP contribution is 2.23. The molecule has 1 aromatic heterocycles. The highest BCUT2D eigenvalue weighted by Gasteiger charge is 2.16. The number of ether oxygens (including phenoxy) is 2. The summed E-state index contributed by atoms with van der Waals surface area (Å²) in [6.07, 6.45) is 5.18. The predicted molar refractivity (Wildman–Crippen MR) is 132 cm³/mol. The summed E-state index contributed by atoms with van der Waals surface area (Å²) in [6, 6.07) is 20.4. The highest BCUT2D eigenvalue weighted by atomic mass is 79.9. The molecule has 0 saturated carbocycles. The van der Waals surface area contributed by atoms with E-state index in [-0.39, 0.29) is 5.75 Å². The van der Waals surface area contributed by atoms with E-state index in [1.807, 2.05) is 54.7 Å². The number of nitrogens with one attached hydrogen (secondary N) is 1. The van der Waals surface area contributed by atoms with E-state index >= 15 is 0 Å². The molecule has 0 fully saturated rings. The van der Waals surface area contributed by atoms with Crippen molar-refractivity contribution in [1.82, 2.24) is 4.98 Å². The smallest absolute Gasteiger partial charge is 0.420 e. The summed E-state index contributed by atoms with van der Waals surface area (Å²) in [5.74, 6) is 2.18. The molecule has 0 radical (unpaired) electrons. The zero-order chi connectivity index (χ0) is 23.2. The first kappa shape index (κ1) is 22.3. The Kier molecular flexibility index (Phi) is 6.85. The second-order valence-corrected chi connectivity index (χ2v) is 7.96. The van der Waals surface area contributed by atoms with Gasteiger partial charge in [0.05, 0.1) is 26.0 Å². The van der Waals surface area contributed by atoms with Crippen molar-refractivity contribution in [3.8, 4) is 28.5 Å². The molecule has 7 nitrogen and oxygen atoms in total. The standard InChI is InChI=1S/C25H21BrN4O3/c1-32-21-8-3-17(4-9-21)14-28-30-16-23(18-5-10-22(33-2)11-6-18)29-25(30)27-15-19-13-20(26)7-12-24(19)31/h3-16H,1-2H3,(H,27,29,31)/p+1. The molecule has 3 aromatic carbocycles. The minimum atomic E-state index is 0.136. The molecule has 0 unspecified atom stereocenters. The van der Waals surface area contributed by atoms with Crippen molar-refractivity contribution in [3.63, 3.8) is 0 Å². The van der Waals surface area contributed by atoms with Crippen LogP contribution in [-0.2, 0) is 0 Å². The summed E-state index contributed by atoms with van der Waals surface area (Å²) >= 11 is 3.42. The van der Waals surface area contributed by atoms with E-state index < -0.39 is 0 Å². The van der Waals surface area contributed by atoms with Gasteiger partial charge in [-0.3, -0.25) is 0 Å². The van der Waals surface area contributed by atoms with E-state index in [1.54, 1.807) is 49.5 Å². The number of nitrogens with zero attached hydrogens (tertiary/aromatic N) is 3. The van der Waals surface area contributed by atoms with Crippen LogP contribution in [0.5, 0.6) is 17.2 Å². The van der Waals surface area contributed by atoms with E-state index in [1.165, 1.54) is 0 Å². The van der Waals surface area contributed by atoms with Crippen LogP contribution in [0.25, 0.3) is 11.3 Å². The van der Waals surface area contributed by atoms with Gasteiger partial charge >= 0.3 is 5.95 Å². The van der Waals surface area contributed by atoms with Gasteiger partial charge in [0, 0.05) is 10.0 Å². The number of H-pyrrole nitrogens is 1. The van der Waals surface area contributed by atoms with Crippen molar-refractivity contribution in [2.45, 2.75) is 0 Å². The third kappa shape index (κ3) is 5.48. The zero-order valence-corrected chi connectivity index (χ0v) is 19.7. The molecule has 0 aliphatic heterocycles. The molecule has 0 aliphatic rings. The summed E-state index contributed by atoms with van der Waals surface area (Å²) in [6.45, 7) is 0. The first-order chi connectivity index (χ1) is 16.1. The number of aromatic nitrogens is 2. The van der Waals surface area contributed by atoms with E-state index in [0.29, 0.717) is 11.5 Å². The second-order valence-electron chi connectivity index (χ2n) is 7.04. The van der Waals surface area contributed by atoms with Crippen LogP contribution in [0.1, 0.15) is 11.1 Å². The summed E-state index contributed by atoms with van der Waals surface area (Å²) in [7, 11) is 3.27. The van der Waals surface area contributed by atoms with Crippen molar-refractivity contribution in [1.29, 1.82) is 0 Å². The normalized spacial score (nSPS) is 11.4. The molecule has 33 heavy (non-hydrogen) atoms. The molecular weight excluding hydrogens is 484 g/mol. The molecule has 0 saturated heterocycles. The Morgan fingerprint density at radius 3 is 2.24 bits per heavy atom. The molecule has 166 valence electrons. The molecule has 0 spiro atoms. The fourth-order valence-electron chi connectivity index (χ4n) is 3.07. The van der Waals surface area contributed by atoms with Crippen molar-refractivity contribution in [3.05, 3.63) is 88.5 Å². The average molecular weight is 506 g/mol. The quantitative estimate of drug-likeness (QED) is 0.271. The molecule has 8 heteroatoms. The van der Waals surface area contributed by atoms with Crippen molar-refractivity contribution in [2.24, 2.45) is 10.1 Å². The Hall–Kier alpha value is -3.91. The molecule has 0 atom stereocenters. The average Bonchev–Trinajstić information content (AvgIpc) is 3.26. The van der Waals surface area contributed by atoms with Gasteiger partial charge in [-0.15, -0.1) is 9.78 Å². The number of aromatic hydroxyl groups is 1. The van der Waals surface area contributed by atoms with E-state index in [4.69, 9.17) is 9.47 Å². The number of halogens is 1. The van der Waals surface area contributed by atoms with Gasteiger partial charge in [0.25, 0.3) is 0 Å². The maximum absolute atomic E-state index is 10.1. The minimum absolute atomic E-state index is 0.136. The third-order valence-electron chi connectivity index (χ3n) is 4.88. The first-order valence-corrected chi connectivity index (χ1v) is 10.8. The molecule has 4 aromatic rings. The van der Waals surface area contributed by atoms with Gasteiger partial charge in [-0.2, -0.15) is 0 Å². The van der Waals surface area contributed by atoms with Gasteiger partial charge in [0.1, 0.15) is 35.4 Å². The Labute approximate surface area is 199 Å². The Balaban J connectivity index is 1.70. The number of hydrogen-bond acceptors (Lipinski definition) is 5. The number of aliphatic imine (C=N–C) groups is 1. The second kappa shape index (κ2) is 10.1. The van der Waals surface area contributed by atoms with E-state index in [2.05, 4.69) is 31.0 Å². The van der Waals surface area contributed by atoms with Crippen LogP contribution < -0.4 is 14.1 Å². The molecular formula is C25H22BrN4O3+. The number of aromatic amines is 1. The third-order valence-corrected chi connectivity index (χ3v) is 5.37. The largest absolute Gasteiger partial charge is 0.507 e. The number of imidazole rings is 1. The SMILES string of the molecule is COc1ccc(C=N[n+]2cc(-c3ccc(OC)cc3)[nH]c2/N=C/c2cc(Br)ccc2O)cc1. The molecule has 4 rings (SSSR count). The molecule has 1 heterocycles. The molecule has 0 bridgehead atoms. The number of hydrogen-bond donors (Lipinski definition) is 2. The number of methoxy groups -OCH3 is 2. The lowest BCUT2D eigenvalue weighted by molar-refractivity contribution is -0.663. The summed E-state index contributed by atoms with van der Waals surface area (Å²) in [5, 5.41) is 14.7. The maximum Gasteiger partial charge on any atom is 0.420 e. The van der Waals surface area contributed by atoms with Crippen LogP contribution in [0.2, 0.25) is 0 Å². The summed E-state index contributed by atoms with van der Waals surface area (Å²) in [4.78, 5) is 7.83. The fourth-order valence-corrected chi connectivity index (χ4v) is 3.45. The molecule has 2 N–H and O–H groups in total. The van der Waals surface area contributed by atoms with Gasteiger partial charge in [0.2, 0.25) is 0 Å². The lowest BCUT2D eigenvalue weighted by atomic mass is 10.2. The zero-order valence-electron chi connectivity index (χ0n) is 18.1. The lowest BCUT2D eigenvalue weighted by Gasteiger charge is -1.99. The fraction of sp³-hybridized carbons (Fsp3) is 0.0800. The monoisotopic (exact) mass is 505 g/mol. The molecule has 0 amide bonds. The summed E-state index contributed by atoms with van der Waals surface area (Å²) in [5.41, 5.74) is 3.27. The number of phenols is 1. The number of benzene rings is 3. The Morgan fingerprint density at radius 2 is 1.58 bits per heavy atom. The predicted octanol–water partition coefficient (Wildman–Crippen LogP) is 5.09. The van der Waals surface area contributed by atoms with Gasteiger partial charge in [-0.25, -0.2) is 4.98 Å². The van der Waals surface area contributed by atoms with E-state index in [9.17, 15) is 5.11 Å². The number of phenolic OH excluding ortho intramolecular Hbond substituents is 1. The molecule has 0 aliphatic carbocycles. The summed E-state index contributed by atoms with van der Waals surface area (Å²) < 4.78 is 12.9. The van der Waals surface area contributed by atoms with Crippen LogP contribution in [0.15, 0.2) is 87.5 Å².